The molecule has 35 heavy (non-hydrogen) atoms. The van der Waals surface area contributed by atoms with E-state index in [4.69, 9.17) is 9.47 Å². The minimum Gasteiger partial charge on any atom is -0.481 e. The molecule has 1 spiro atoms. The lowest BCUT2D eigenvalue weighted by atomic mass is 9.43. The van der Waals surface area contributed by atoms with Gasteiger partial charge >= 0.3 is 11.9 Å². The SMILES string of the molecule is C=C1C(O)[C@@]23CC[C@@H]4[C@H](C(=O)O)C[C@@H](O[C@@H]5O[C@H](C(=O)O)[C@@H](O)[C@H](O)[C@H]5O)C[C@@]4(C)[C@@H]2CC[C@@H]1C3. The minimum atomic E-state index is -1.83. The van der Waals surface area contributed by atoms with E-state index in [1.54, 1.807) is 0 Å². The average Bonchev–Trinajstić information content (AvgIpc) is 2.97. The fraction of sp³-hybridized carbons (Fsp3) is 0.840. The summed E-state index contributed by atoms with van der Waals surface area (Å²) in [5, 5.41) is 61.3. The van der Waals surface area contributed by atoms with Gasteiger partial charge in [0.15, 0.2) is 12.4 Å². The van der Waals surface area contributed by atoms with E-state index >= 15 is 0 Å². The Morgan fingerprint density at radius 3 is 2.37 bits per heavy atom. The van der Waals surface area contributed by atoms with Crippen LogP contribution in [0.2, 0.25) is 0 Å². The van der Waals surface area contributed by atoms with Gasteiger partial charge in [0.1, 0.15) is 18.3 Å². The van der Waals surface area contributed by atoms with Gasteiger partial charge in [-0.05, 0) is 73.7 Å². The summed E-state index contributed by atoms with van der Waals surface area (Å²) in [5.41, 5.74) is 0.0928. The molecule has 5 rings (SSSR count). The number of rotatable bonds is 4. The van der Waals surface area contributed by atoms with Crippen LogP contribution in [0.15, 0.2) is 12.2 Å². The van der Waals surface area contributed by atoms with Crippen LogP contribution in [0.25, 0.3) is 0 Å². The highest BCUT2D eigenvalue weighted by atomic mass is 16.7. The van der Waals surface area contributed by atoms with Gasteiger partial charge in [0.2, 0.25) is 0 Å². The smallest absolute Gasteiger partial charge is 0.335 e. The predicted molar refractivity (Wildman–Crippen MR) is 119 cm³/mol. The average molecular weight is 497 g/mol. The summed E-state index contributed by atoms with van der Waals surface area (Å²) in [6.45, 7) is 6.25. The van der Waals surface area contributed by atoms with Crippen molar-refractivity contribution in [1.29, 1.82) is 0 Å². The van der Waals surface area contributed by atoms with Gasteiger partial charge in [-0.2, -0.15) is 0 Å². The van der Waals surface area contributed by atoms with Crippen LogP contribution in [0, 0.1) is 34.5 Å². The zero-order valence-electron chi connectivity index (χ0n) is 19.8. The first-order valence-corrected chi connectivity index (χ1v) is 12.6. The van der Waals surface area contributed by atoms with E-state index in [1.807, 2.05) is 0 Å². The van der Waals surface area contributed by atoms with Crippen LogP contribution in [0.5, 0.6) is 0 Å². The fourth-order valence-electron chi connectivity index (χ4n) is 8.69. The molecule has 196 valence electrons. The number of aliphatic carboxylic acids is 2. The Morgan fingerprint density at radius 2 is 1.71 bits per heavy atom. The second-order valence-corrected chi connectivity index (χ2v) is 11.8. The Balaban J connectivity index is 1.43. The number of hydrogen-bond donors (Lipinski definition) is 6. The molecule has 4 saturated carbocycles. The van der Waals surface area contributed by atoms with Gasteiger partial charge in [0.25, 0.3) is 0 Å². The van der Waals surface area contributed by atoms with Gasteiger partial charge < -0.3 is 40.1 Å². The zero-order chi connectivity index (χ0) is 25.4. The summed E-state index contributed by atoms with van der Waals surface area (Å²) in [4.78, 5) is 23.9. The number of aliphatic hydroxyl groups is 4. The van der Waals surface area contributed by atoms with Crippen molar-refractivity contribution in [2.75, 3.05) is 0 Å². The van der Waals surface area contributed by atoms with Crippen LogP contribution in [0.4, 0.5) is 0 Å². The molecule has 1 aliphatic heterocycles. The summed E-state index contributed by atoms with van der Waals surface area (Å²) < 4.78 is 11.3. The lowest BCUT2D eigenvalue weighted by molar-refractivity contribution is -0.313. The van der Waals surface area contributed by atoms with Crippen molar-refractivity contribution in [1.82, 2.24) is 0 Å². The molecule has 5 aliphatic rings. The first kappa shape index (κ1) is 25.1. The Kier molecular flexibility index (Phi) is 6.09. The largest absolute Gasteiger partial charge is 0.481 e. The summed E-state index contributed by atoms with van der Waals surface area (Å²) in [6.07, 6.45) is -5.21. The standard InChI is InChI=1S/C25H36O10/c1-10-11-3-4-15-24(2)9-12(34-23-18(28)16(26)17(27)19(35-23)22(32)33)7-13(21(30)31)14(24)5-6-25(15,8-11)20(10)29/h11-20,23,26-29H,1,3-9H2,2H3,(H,30,31)(H,32,33)/t11-,12-,13-,14-,15+,16+,17+,18-,19+,20?,23-,24-,25-/m1/s1. The fourth-order valence-corrected chi connectivity index (χ4v) is 8.69. The lowest BCUT2D eigenvalue weighted by Gasteiger charge is -2.62. The summed E-state index contributed by atoms with van der Waals surface area (Å²) in [5.74, 6) is -2.88. The number of aliphatic hydroxyl groups excluding tert-OH is 4. The van der Waals surface area contributed by atoms with E-state index < -0.39 is 66.2 Å². The summed E-state index contributed by atoms with van der Waals surface area (Å²) in [7, 11) is 0. The predicted octanol–water partition coefficient (Wildman–Crippen LogP) is 0.508. The van der Waals surface area contributed by atoms with Crippen molar-refractivity contribution in [2.45, 2.75) is 94.8 Å². The molecule has 10 nitrogen and oxygen atoms in total. The van der Waals surface area contributed by atoms with Crippen molar-refractivity contribution >= 4 is 11.9 Å². The molecule has 0 aromatic carbocycles. The first-order valence-electron chi connectivity index (χ1n) is 12.6. The van der Waals surface area contributed by atoms with Crippen LogP contribution in [0.1, 0.15) is 51.9 Å². The van der Waals surface area contributed by atoms with Gasteiger partial charge in [-0.25, -0.2) is 4.79 Å². The third-order valence-corrected chi connectivity index (χ3v) is 10.2. The molecule has 4 aliphatic carbocycles. The van der Waals surface area contributed by atoms with Crippen LogP contribution < -0.4 is 0 Å². The summed E-state index contributed by atoms with van der Waals surface area (Å²) in [6, 6.07) is 0. The molecular weight excluding hydrogens is 460 g/mol. The molecule has 2 bridgehead atoms. The highest BCUT2D eigenvalue weighted by Crippen LogP contribution is 2.70. The second kappa shape index (κ2) is 8.49. The van der Waals surface area contributed by atoms with Gasteiger partial charge in [0, 0.05) is 5.41 Å². The molecule has 0 aromatic rings. The molecular formula is C25H36O10. The van der Waals surface area contributed by atoms with Gasteiger partial charge in [-0.1, -0.05) is 13.5 Å². The maximum Gasteiger partial charge on any atom is 0.335 e. The number of ether oxygens (including phenoxy) is 2. The van der Waals surface area contributed by atoms with E-state index in [-0.39, 0.29) is 23.7 Å². The molecule has 1 heterocycles. The maximum atomic E-state index is 12.4. The first-order chi connectivity index (χ1) is 16.4. The molecule has 10 heteroatoms. The van der Waals surface area contributed by atoms with Crippen LogP contribution in [-0.4, -0.2) is 85.5 Å². The maximum absolute atomic E-state index is 12.4. The van der Waals surface area contributed by atoms with Crippen LogP contribution >= 0.6 is 0 Å². The Morgan fingerprint density at radius 1 is 1.00 bits per heavy atom. The van der Waals surface area contributed by atoms with E-state index in [1.165, 1.54) is 0 Å². The Labute approximate surface area is 203 Å². The van der Waals surface area contributed by atoms with E-state index in [0.717, 1.165) is 31.3 Å². The zero-order valence-corrected chi connectivity index (χ0v) is 19.8. The van der Waals surface area contributed by atoms with Crippen molar-refractivity contribution in [2.24, 2.45) is 34.5 Å². The molecule has 0 radical (unpaired) electrons. The normalized spacial score (nSPS) is 53.5. The lowest BCUT2D eigenvalue weighted by Crippen LogP contribution is -2.62. The molecule has 0 aromatic heterocycles. The molecule has 0 amide bonds. The number of carboxylic acid groups (broad SMARTS) is 2. The number of fused-ring (bicyclic) bond motifs is 3. The summed E-state index contributed by atoms with van der Waals surface area (Å²) >= 11 is 0. The highest BCUT2D eigenvalue weighted by Gasteiger charge is 2.67. The quantitative estimate of drug-likeness (QED) is 0.238. The van der Waals surface area contributed by atoms with Crippen molar-refractivity contribution in [3.05, 3.63) is 12.2 Å². The van der Waals surface area contributed by atoms with Crippen molar-refractivity contribution < 1.29 is 49.7 Å². The molecule has 1 saturated heterocycles. The topological polar surface area (TPSA) is 174 Å². The number of hydrogen-bond acceptors (Lipinski definition) is 8. The van der Waals surface area contributed by atoms with E-state index in [9.17, 15) is 40.2 Å². The minimum absolute atomic E-state index is 0.0730. The molecule has 5 fully saturated rings. The molecule has 1 unspecified atom stereocenters. The molecule has 6 N–H and O–H groups in total. The van der Waals surface area contributed by atoms with E-state index in [0.29, 0.717) is 18.8 Å². The Hall–Kier alpha value is -1.56. The van der Waals surface area contributed by atoms with Gasteiger partial charge in [-0.3, -0.25) is 4.79 Å². The van der Waals surface area contributed by atoms with E-state index in [2.05, 4.69) is 13.5 Å². The molecule has 13 atom stereocenters. The number of carboxylic acids is 2. The van der Waals surface area contributed by atoms with Gasteiger partial charge in [0.05, 0.1) is 18.1 Å². The van der Waals surface area contributed by atoms with Crippen LogP contribution in [-0.2, 0) is 19.1 Å². The van der Waals surface area contributed by atoms with Crippen molar-refractivity contribution in [3.63, 3.8) is 0 Å². The third-order valence-electron chi connectivity index (χ3n) is 10.2. The number of carbonyl (C=O) groups is 2. The highest BCUT2D eigenvalue weighted by molar-refractivity contribution is 5.73. The van der Waals surface area contributed by atoms with Crippen LogP contribution in [0.3, 0.4) is 0 Å². The second-order valence-electron chi connectivity index (χ2n) is 11.8. The monoisotopic (exact) mass is 496 g/mol. The Bertz CT molecular complexity index is 907. The third kappa shape index (κ3) is 3.59. The van der Waals surface area contributed by atoms with Gasteiger partial charge in [-0.15, -0.1) is 0 Å². The van der Waals surface area contributed by atoms with Crippen molar-refractivity contribution in [3.8, 4) is 0 Å².